The molecule has 2 heterocycles. The smallest absolute Gasteiger partial charge is 0.270 e. The SMILES string of the molecule is CCc1ccccc1N1C(=O)C(=Cc2ccc(-c3cccc([N+](=O)[O-])c3)o2)SC1=S. The van der Waals surface area contributed by atoms with Crippen LogP contribution in [-0.2, 0) is 11.2 Å². The fourth-order valence-corrected chi connectivity index (χ4v) is 4.46. The molecule has 0 saturated carbocycles. The van der Waals surface area contributed by atoms with Crippen LogP contribution in [0, 0.1) is 10.1 Å². The van der Waals surface area contributed by atoms with Crippen molar-refractivity contribution in [2.24, 2.45) is 0 Å². The largest absolute Gasteiger partial charge is 0.457 e. The van der Waals surface area contributed by atoms with Crippen LogP contribution in [0.3, 0.4) is 0 Å². The summed E-state index contributed by atoms with van der Waals surface area (Å²) in [7, 11) is 0. The van der Waals surface area contributed by atoms with E-state index in [4.69, 9.17) is 16.6 Å². The Balaban J connectivity index is 1.62. The molecule has 6 nitrogen and oxygen atoms in total. The number of anilines is 1. The second kappa shape index (κ2) is 8.25. The van der Waals surface area contributed by atoms with Gasteiger partial charge in [0, 0.05) is 23.8 Å². The van der Waals surface area contributed by atoms with E-state index in [1.165, 1.54) is 23.9 Å². The molecule has 2 aromatic carbocycles. The molecule has 1 aliphatic rings. The highest BCUT2D eigenvalue weighted by Gasteiger charge is 2.34. The Bertz CT molecular complexity index is 1200. The van der Waals surface area contributed by atoms with E-state index >= 15 is 0 Å². The summed E-state index contributed by atoms with van der Waals surface area (Å²) < 4.78 is 6.28. The highest BCUT2D eigenvalue weighted by molar-refractivity contribution is 8.27. The summed E-state index contributed by atoms with van der Waals surface area (Å²) in [6, 6.07) is 17.3. The predicted molar refractivity (Wildman–Crippen MR) is 122 cm³/mol. The molecule has 0 unspecified atom stereocenters. The third-order valence-electron chi connectivity index (χ3n) is 4.65. The van der Waals surface area contributed by atoms with E-state index in [0.717, 1.165) is 17.7 Å². The predicted octanol–water partition coefficient (Wildman–Crippen LogP) is 5.82. The topological polar surface area (TPSA) is 76.6 Å². The maximum atomic E-state index is 13.0. The van der Waals surface area contributed by atoms with Crippen LogP contribution in [0.15, 0.2) is 70.0 Å². The molecule has 0 bridgehead atoms. The van der Waals surface area contributed by atoms with Crippen molar-refractivity contribution in [1.29, 1.82) is 0 Å². The Morgan fingerprint density at radius 1 is 1.17 bits per heavy atom. The first kappa shape index (κ1) is 20.1. The Morgan fingerprint density at radius 2 is 1.97 bits per heavy atom. The molecule has 0 aliphatic carbocycles. The Kier molecular flexibility index (Phi) is 5.52. The van der Waals surface area contributed by atoms with Crippen LogP contribution in [0.1, 0.15) is 18.2 Å². The number of rotatable bonds is 5. The van der Waals surface area contributed by atoms with Crippen molar-refractivity contribution in [3.05, 3.63) is 87.0 Å². The zero-order valence-corrected chi connectivity index (χ0v) is 17.5. The summed E-state index contributed by atoms with van der Waals surface area (Å²) in [5.41, 5.74) is 2.41. The number of amides is 1. The number of carbonyl (C=O) groups excluding carboxylic acids is 1. The van der Waals surface area contributed by atoms with E-state index in [1.807, 2.05) is 31.2 Å². The van der Waals surface area contributed by atoms with E-state index in [0.29, 0.717) is 26.3 Å². The lowest BCUT2D eigenvalue weighted by molar-refractivity contribution is -0.384. The van der Waals surface area contributed by atoms with Crippen molar-refractivity contribution in [2.45, 2.75) is 13.3 Å². The normalized spacial score (nSPS) is 15.2. The molecule has 1 aliphatic heterocycles. The Labute approximate surface area is 182 Å². The van der Waals surface area contributed by atoms with Gasteiger partial charge in [-0.1, -0.05) is 61.2 Å². The third kappa shape index (κ3) is 3.79. The quantitative estimate of drug-likeness (QED) is 0.217. The summed E-state index contributed by atoms with van der Waals surface area (Å²) in [6.45, 7) is 2.03. The molecule has 1 amide bonds. The molecule has 0 N–H and O–H groups in total. The van der Waals surface area contributed by atoms with Gasteiger partial charge in [-0.25, -0.2) is 0 Å². The number of nitrogens with zero attached hydrogens (tertiary/aromatic N) is 2. The second-order valence-electron chi connectivity index (χ2n) is 6.51. The van der Waals surface area contributed by atoms with Gasteiger partial charge in [-0.15, -0.1) is 0 Å². The van der Waals surface area contributed by atoms with E-state index in [2.05, 4.69) is 0 Å². The molecule has 1 fully saturated rings. The first-order chi connectivity index (χ1) is 14.5. The molecule has 0 radical (unpaired) electrons. The summed E-state index contributed by atoms with van der Waals surface area (Å²) in [6.07, 6.45) is 2.44. The Hall–Kier alpha value is -3.23. The van der Waals surface area contributed by atoms with Gasteiger partial charge in [0.05, 0.1) is 15.5 Å². The summed E-state index contributed by atoms with van der Waals surface area (Å²) >= 11 is 6.68. The molecule has 8 heteroatoms. The number of benzene rings is 2. The van der Waals surface area contributed by atoms with Crippen LogP contribution < -0.4 is 4.90 Å². The maximum Gasteiger partial charge on any atom is 0.270 e. The molecule has 1 aromatic heterocycles. The number of thioether (sulfide) groups is 1. The molecule has 30 heavy (non-hydrogen) atoms. The Morgan fingerprint density at radius 3 is 2.73 bits per heavy atom. The lowest BCUT2D eigenvalue weighted by atomic mass is 10.1. The second-order valence-corrected chi connectivity index (χ2v) is 8.18. The number of thiocarbonyl (C=S) groups is 1. The molecular weight excluding hydrogens is 420 g/mol. The maximum absolute atomic E-state index is 13.0. The monoisotopic (exact) mass is 436 g/mol. The number of hydrogen-bond donors (Lipinski definition) is 0. The molecule has 150 valence electrons. The summed E-state index contributed by atoms with van der Waals surface area (Å²) in [4.78, 5) is 25.6. The van der Waals surface area contributed by atoms with Gasteiger partial charge in [0.25, 0.3) is 11.6 Å². The molecule has 1 saturated heterocycles. The lowest BCUT2D eigenvalue weighted by Crippen LogP contribution is -2.28. The molecule has 4 rings (SSSR count). The van der Waals surface area contributed by atoms with E-state index in [9.17, 15) is 14.9 Å². The van der Waals surface area contributed by atoms with Crippen molar-refractivity contribution in [3.8, 4) is 11.3 Å². The minimum absolute atomic E-state index is 0.0130. The number of furan rings is 1. The fraction of sp³-hybridized carbons (Fsp3) is 0.0909. The van der Waals surface area contributed by atoms with Crippen LogP contribution >= 0.6 is 24.0 Å². The minimum atomic E-state index is -0.452. The molecule has 3 aromatic rings. The average molecular weight is 437 g/mol. The highest BCUT2D eigenvalue weighted by Crippen LogP contribution is 2.38. The van der Waals surface area contributed by atoms with Crippen molar-refractivity contribution in [2.75, 3.05) is 4.90 Å². The van der Waals surface area contributed by atoms with Crippen molar-refractivity contribution in [1.82, 2.24) is 0 Å². The van der Waals surface area contributed by atoms with Crippen LogP contribution in [0.2, 0.25) is 0 Å². The third-order valence-corrected chi connectivity index (χ3v) is 5.95. The number of carbonyl (C=O) groups is 1. The molecule has 0 atom stereocenters. The van der Waals surface area contributed by atoms with Crippen molar-refractivity contribution in [3.63, 3.8) is 0 Å². The van der Waals surface area contributed by atoms with Crippen LogP contribution in [0.4, 0.5) is 11.4 Å². The van der Waals surface area contributed by atoms with E-state index in [-0.39, 0.29) is 11.6 Å². The van der Waals surface area contributed by atoms with Gasteiger partial charge in [-0.2, -0.15) is 0 Å². The number of non-ortho nitro benzene ring substituents is 1. The first-order valence-corrected chi connectivity index (χ1v) is 10.4. The van der Waals surface area contributed by atoms with Gasteiger partial charge in [0.15, 0.2) is 4.32 Å². The molecule has 0 spiro atoms. The molecular formula is C22H16N2O4S2. The van der Waals surface area contributed by atoms with Crippen molar-refractivity contribution >= 4 is 51.7 Å². The number of nitro benzene ring substituents is 1. The van der Waals surface area contributed by atoms with Gasteiger partial charge in [-0.05, 0) is 30.2 Å². The van der Waals surface area contributed by atoms with Crippen LogP contribution in [-0.4, -0.2) is 15.2 Å². The van der Waals surface area contributed by atoms with Crippen molar-refractivity contribution < 1.29 is 14.1 Å². The number of aryl methyl sites for hydroxylation is 1. The van der Waals surface area contributed by atoms with Gasteiger partial charge in [0.2, 0.25) is 0 Å². The van der Waals surface area contributed by atoms with E-state index < -0.39 is 4.92 Å². The summed E-state index contributed by atoms with van der Waals surface area (Å²) in [5, 5.41) is 11.0. The van der Waals surface area contributed by atoms with Gasteiger partial charge in [-0.3, -0.25) is 19.8 Å². The highest BCUT2D eigenvalue weighted by atomic mass is 32.2. The summed E-state index contributed by atoms with van der Waals surface area (Å²) in [5.74, 6) is 0.761. The van der Waals surface area contributed by atoms with Crippen LogP contribution in [0.5, 0.6) is 0 Å². The zero-order chi connectivity index (χ0) is 21.3. The van der Waals surface area contributed by atoms with Crippen LogP contribution in [0.25, 0.3) is 17.4 Å². The number of para-hydroxylation sites is 1. The van der Waals surface area contributed by atoms with Gasteiger partial charge < -0.3 is 4.42 Å². The van der Waals surface area contributed by atoms with E-state index in [1.54, 1.807) is 35.2 Å². The lowest BCUT2D eigenvalue weighted by Gasteiger charge is -2.17. The first-order valence-electron chi connectivity index (χ1n) is 9.18. The van der Waals surface area contributed by atoms with Gasteiger partial charge in [0.1, 0.15) is 11.5 Å². The average Bonchev–Trinajstić information content (AvgIpc) is 3.32. The minimum Gasteiger partial charge on any atom is -0.457 e. The standard InChI is InChI=1S/C22H16N2O4S2/c1-2-14-6-3-4-9-18(14)23-21(25)20(30-22(23)29)13-17-10-11-19(28-17)15-7-5-8-16(12-15)24(26)27/h3-13H,2H2,1H3. The van der Waals surface area contributed by atoms with Gasteiger partial charge >= 0.3 is 0 Å². The number of nitro groups is 1. The zero-order valence-electron chi connectivity index (χ0n) is 15.9. The fourth-order valence-electron chi connectivity index (χ4n) is 3.19. The number of hydrogen-bond acceptors (Lipinski definition) is 6.